The Labute approximate surface area is 116 Å². The summed E-state index contributed by atoms with van der Waals surface area (Å²) in [6, 6.07) is 0. The van der Waals surface area contributed by atoms with Crippen LogP contribution in [0.5, 0.6) is 0 Å². The third-order valence-electron chi connectivity index (χ3n) is 3.30. The molecule has 0 N–H and O–H groups in total. The number of hydrogen-bond acceptors (Lipinski definition) is 4. The van der Waals surface area contributed by atoms with Gasteiger partial charge in [-0.3, -0.25) is 9.59 Å². The Kier molecular flexibility index (Phi) is 4.42. The highest BCUT2D eigenvalue weighted by atomic mass is 32.1. The summed E-state index contributed by atoms with van der Waals surface area (Å²) in [4.78, 5) is 25.6. The SMILES string of the molecule is Cc1csc(=O)n1CCC(=O)N1C[C@@H](C)O[C@@H](C)C1. The second-order valence-corrected chi connectivity index (χ2v) is 5.92. The Morgan fingerprint density at radius 3 is 2.58 bits per heavy atom. The predicted molar refractivity (Wildman–Crippen MR) is 74.5 cm³/mol. The average molecular weight is 284 g/mol. The van der Waals surface area contributed by atoms with Crippen molar-refractivity contribution < 1.29 is 9.53 Å². The van der Waals surface area contributed by atoms with Crippen LogP contribution in [0, 0.1) is 6.92 Å². The van der Waals surface area contributed by atoms with E-state index in [0.717, 1.165) is 5.69 Å². The lowest BCUT2D eigenvalue weighted by molar-refractivity contribution is -0.143. The number of amides is 1. The summed E-state index contributed by atoms with van der Waals surface area (Å²) in [6.07, 6.45) is 0.535. The molecule has 2 rings (SSSR count). The number of aryl methyl sites for hydroxylation is 1. The van der Waals surface area contributed by atoms with Gasteiger partial charge in [0.25, 0.3) is 0 Å². The summed E-state index contributed by atoms with van der Waals surface area (Å²) >= 11 is 1.18. The molecule has 0 aliphatic carbocycles. The predicted octanol–water partition coefficient (Wildman–Crippen LogP) is 1.24. The Balaban J connectivity index is 1.93. The quantitative estimate of drug-likeness (QED) is 0.839. The minimum atomic E-state index is 0.00835. The van der Waals surface area contributed by atoms with Gasteiger partial charge in [-0.15, -0.1) is 0 Å². The van der Waals surface area contributed by atoms with Crippen LogP contribution in [0.1, 0.15) is 26.0 Å². The van der Waals surface area contributed by atoms with Crippen LogP contribution in [-0.2, 0) is 16.1 Å². The lowest BCUT2D eigenvalue weighted by Gasteiger charge is -2.35. The fraction of sp³-hybridized carbons (Fsp3) is 0.692. The van der Waals surface area contributed by atoms with Gasteiger partial charge >= 0.3 is 4.87 Å². The Bertz CT molecular complexity index is 498. The largest absolute Gasteiger partial charge is 0.372 e. The van der Waals surface area contributed by atoms with Gasteiger partial charge in [-0.1, -0.05) is 11.3 Å². The third kappa shape index (κ3) is 3.45. The lowest BCUT2D eigenvalue weighted by atomic mass is 10.2. The molecule has 0 bridgehead atoms. The van der Waals surface area contributed by atoms with E-state index >= 15 is 0 Å². The van der Waals surface area contributed by atoms with Crippen LogP contribution < -0.4 is 4.87 Å². The van der Waals surface area contributed by atoms with Gasteiger partial charge in [0.05, 0.1) is 12.2 Å². The molecule has 0 radical (unpaired) electrons. The average Bonchev–Trinajstić information content (AvgIpc) is 2.65. The van der Waals surface area contributed by atoms with Gasteiger partial charge in [-0.2, -0.15) is 0 Å². The summed E-state index contributed by atoms with van der Waals surface area (Å²) in [7, 11) is 0. The summed E-state index contributed by atoms with van der Waals surface area (Å²) in [5, 5.41) is 1.83. The molecule has 0 saturated carbocycles. The number of thiazole rings is 1. The van der Waals surface area contributed by atoms with Crippen molar-refractivity contribution in [2.24, 2.45) is 0 Å². The molecule has 1 saturated heterocycles. The van der Waals surface area contributed by atoms with Crippen molar-refractivity contribution in [2.75, 3.05) is 13.1 Å². The van der Waals surface area contributed by atoms with E-state index in [-0.39, 0.29) is 23.0 Å². The zero-order valence-electron chi connectivity index (χ0n) is 11.6. The molecule has 2 atom stereocenters. The molecule has 1 aliphatic rings. The second kappa shape index (κ2) is 5.88. The minimum absolute atomic E-state index is 0.00835. The molecule has 1 aromatic heterocycles. The Hall–Kier alpha value is -1.14. The molecule has 0 aromatic carbocycles. The van der Waals surface area contributed by atoms with E-state index in [1.807, 2.05) is 31.1 Å². The molecule has 19 heavy (non-hydrogen) atoms. The van der Waals surface area contributed by atoms with Gasteiger partial charge < -0.3 is 14.2 Å². The summed E-state index contributed by atoms with van der Waals surface area (Å²) in [6.45, 7) is 7.59. The van der Waals surface area contributed by atoms with Gasteiger partial charge in [-0.05, 0) is 20.8 Å². The van der Waals surface area contributed by atoms with Crippen LogP contribution in [-0.4, -0.2) is 40.7 Å². The van der Waals surface area contributed by atoms with Crippen molar-refractivity contribution in [3.63, 3.8) is 0 Å². The molecule has 1 fully saturated rings. The summed E-state index contributed by atoms with van der Waals surface area (Å²) in [5.41, 5.74) is 0.923. The molecule has 1 aliphatic heterocycles. The van der Waals surface area contributed by atoms with Crippen LogP contribution in [0.2, 0.25) is 0 Å². The normalized spacial score (nSPS) is 23.6. The smallest absolute Gasteiger partial charge is 0.307 e. The topological polar surface area (TPSA) is 51.5 Å². The molecule has 106 valence electrons. The van der Waals surface area contributed by atoms with Crippen molar-refractivity contribution in [2.45, 2.75) is 45.9 Å². The van der Waals surface area contributed by atoms with E-state index < -0.39 is 0 Å². The molecular formula is C13H20N2O3S. The first-order valence-corrected chi connectivity index (χ1v) is 7.43. The monoisotopic (exact) mass is 284 g/mol. The van der Waals surface area contributed by atoms with Crippen molar-refractivity contribution in [1.29, 1.82) is 0 Å². The molecule has 5 nitrogen and oxygen atoms in total. The third-order valence-corrected chi connectivity index (χ3v) is 4.18. The van der Waals surface area contributed by atoms with Crippen LogP contribution in [0.25, 0.3) is 0 Å². The van der Waals surface area contributed by atoms with E-state index in [4.69, 9.17) is 4.74 Å². The highest BCUT2D eigenvalue weighted by Crippen LogP contribution is 2.12. The molecule has 1 aromatic rings. The van der Waals surface area contributed by atoms with Crippen molar-refractivity contribution in [3.8, 4) is 0 Å². The van der Waals surface area contributed by atoms with Gasteiger partial charge in [0.1, 0.15) is 0 Å². The molecule has 0 unspecified atom stereocenters. The maximum Gasteiger partial charge on any atom is 0.307 e. The first kappa shape index (κ1) is 14.3. The standard InChI is InChI=1S/C13H20N2O3S/c1-9-8-19-13(17)15(9)5-4-12(16)14-6-10(2)18-11(3)7-14/h8,10-11H,4-7H2,1-3H3/t10-,11+. The highest BCUT2D eigenvalue weighted by Gasteiger charge is 2.25. The lowest BCUT2D eigenvalue weighted by Crippen LogP contribution is -2.48. The first-order chi connectivity index (χ1) is 8.97. The van der Waals surface area contributed by atoms with E-state index in [1.54, 1.807) is 4.57 Å². The van der Waals surface area contributed by atoms with E-state index in [2.05, 4.69) is 0 Å². The fourth-order valence-corrected chi connectivity index (χ4v) is 3.18. The Morgan fingerprint density at radius 2 is 2.05 bits per heavy atom. The maximum absolute atomic E-state index is 12.2. The van der Waals surface area contributed by atoms with Crippen molar-refractivity contribution in [1.82, 2.24) is 9.47 Å². The van der Waals surface area contributed by atoms with Gasteiger partial charge in [-0.25, -0.2) is 0 Å². The maximum atomic E-state index is 12.2. The molecule has 6 heteroatoms. The summed E-state index contributed by atoms with van der Waals surface area (Å²) < 4.78 is 7.27. The van der Waals surface area contributed by atoms with Crippen LogP contribution in [0.3, 0.4) is 0 Å². The van der Waals surface area contributed by atoms with E-state index in [0.29, 0.717) is 26.1 Å². The number of aromatic nitrogens is 1. The van der Waals surface area contributed by atoms with Crippen LogP contribution in [0.15, 0.2) is 10.2 Å². The van der Waals surface area contributed by atoms with Crippen molar-refractivity contribution >= 4 is 17.2 Å². The number of ether oxygens (including phenoxy) is 1. The zero-order valence-corrected chi connectivity index (χ0v) is 12.4. The van der Waals surface area contributed by atoms with Gasteiger partial charge in [0.2, 0.25) is 5.91 Å². The first-order valence-electron chi connectivity index (χ1n) is 6.55. The highest BCUT2D eigenvalue weighted by molar-refractivity contribution is 7.07. The van der Waals surface area contributed by atoms with E-state index in [9.17, 15) is 9.59 Å². The van der Waals surface area contributed by atoms with Crippen LogP contribution >= 0.6 is 11.3 Å². The number of carbonyl (C=O) groups excluding carboxylic acids is 1. The molecule has 1 amide bonds. The fourth-order valence-electron chi connectivity index (χ4n) is 2.42. The molecular weight excluding hydrogens is 264 g/mol. The number of carbonyl (C=O) groups is 1. The minimum Gasteiger partial charge on any atom is -0.372 e. The number of rotatable bonds is 3. The number of nitrogens with zero attached hydrogens (tertiary/aromatic N) is 2. The second-order valence-electron chi connectivity index (χ2n) is 5.10. The molecule has 2 heterocycles. The van der Waals surface area contributed by atoms with E-state index in [1.165, 1.54) is 11.3 Å². The Morgan fingerprint density at radius 1 is 1.42 bits per heavy atom. The van der Waals surface area contributed by atoms with Gasteiger partial charge in [0.15, 0.2) is 0 Å². The number of hydrogen-bond donors (Lipinski definition) is 0. The molecule has 0 spiro atoms. The van der Waals surface area contributed by atoms with Crippen molar-refractivity contribution in [3.05, 3.63) is 20.7 Å². The van der Waals surface area contributed by atoms with Crippen LogP contribution in [0.4, 0.5) is 0 Å². The number of morpholine rings is 1. The van der Waals surface area contributed by atoms with Gasteiger partial charge in [0, 0.05) is 37.1 Å². The summed E-state index contributed by atoms with van der Waals surface area (Å²) in [5.74, 6) is 0.0968. The zero-order chi connectivity index (χ0) is 14.0.